The molecule has 0 radical (unpaired) electrons. The summed E-state index contributed by atoms with van der Waals surface area (Å²) in [6.45, 7) is 2.56. The van der Waals surface area contributed by atoms with Crippen molar-refractivity contribution in [1.82, 2.24) is 0 Å². The van der Waals surface area contributed by atoms with E-state index in [0.29, 0.717) is 23.7 Å². The molecule has 0 amide bonds. The number of nitrogens with zero attached hydrogens (tertiary/aromatic N) is 1. The lowest BCUT2D eigenvalue weighted by atomic mass is 10.2. The van der Waals surface area contributed by atoms with E-state index in [0.717, 1.165) is 5.69 Å². The van der Waals surface area contributed by atoms with E-state index in [1.165, 1.54) is 6.07 Å². The second-order valence-electron chi connectivity index (χ2n) is 4.12. The van der Waals surface area contributed by atoms with Crippen molar-refractivity contribution in [1.29, 1.82) is 0 Å². The molecule has 0 saturated heterocycles. The predicted octanol–water partition coefficient (Wildman–Crippen LogP) is 3.57. The van der Waals surface area contributed by atoms with Crippen molar-refractivity contribution in [2.75, 3.05) is 24.3 Å². The van der Waals surface area contributed by atoms with Gasteiger partial charge in [0.15, 0.2) is 0 Å². The Kier molecular flexibility index (Phi) is 3.90. The summed E-state index contributed by atoms with van der Waals surface area (Å²) >= 11 is 0. The van der Waals surface area contributed by atoms with Gasteiger partial charge in [-0.05, 0) is 31.2 Å². The maximum absolute atomic E-state index is 13.9. The number of rotatable bonds is 4. The molecule has 0 bridgehead atoms. The van der Waals surface area contributed by atoms with Gasteiger partial charge < -0.3 is 15.4 Å². The normalized spacial score (nSPS) is 10.3. The SMILES string of the molecule is CCN(c1cc(OC)ccc1N)c1ccccc1F. The van der Waals surface area contributed by atoms with Crippen LogP contribution in [-0.2, 0) is 0 Å². The maximum atomic E-state index is 13.9. The van der Waals surface area contributed by atoms with E-state index in [9.17, 15) is 4.39 Å². The Morgan fingerprint density at radius 1 is 1.16 bits per heavy atom. The van der Waals surface area contributed by atoms with Gasteiger partial charge in [0.05, 0.1) is 24.2 Å². The van der Waals surface area contributed by atoms with Crippen molar-refractivity contribution in [2.45, 2.75) is 6.92 Å². The van der Waals surface area contributed by atoms with E-state index in [1.807, 2.05) is 17.9 Å². The molecule has 0 fully saturated rings. The van der Waals surface area contributed by atoms with E-state index >= 15 is 0 Å². The molecule has 0 aromatic heterocycles. The first-order valence-electron chi connectivity index (χ1n) is 6.13. The van der Waals surface area contributed by atoms with Crippen LogP contribution in [0.1, 0.15) is 6.92 Å². The monoisotopic (exact) mass is 260 g/mol. The van der Waals surface area contributed by atoms with E-state index in [2.05, 4.69) is 0 Å². The second-order valence-corrected chi connectivity index (χ2v) is 4.12. The standard InChI is InChI=1S/C15H17FN2O/c1-3-18(14-7-5-4-6-12(14)16)15-10-11(19-2)8-9-13(15)17/h4-10H,3,17H2,1-2H3. The smallest absolute Gasteiger partial charge is 0.146 e. The van der Waals surface area contributed by atoms with Crippen LogP contribution in [0, 0.1) is 5.82 Å². The Morgan fingerprint density at radius 3 is 2.53 bits per heavy atom. The molecule has 2 N–H and O–H groups in total. The molecule has 0 unspecified atom stereocenters. The summed E-state index contributed by atoms with van der Waals surface area (Å²) in [7, 11) is 1.59. The molecule has 0 spiro atoms. The molecular formula is C15H17FN2O. The Balaban J connectivity index is 2.51. The molecule has 19 heavy (non-hydrogen) atoms. The molecule has 0 saturated carbocycles. The number of benzene rings is 2. The molecule has 2 aromatic carbocycles. The zero-order chi connectivity index (χ0) is 13.8. The highest BCUT2D eigenvalue weighted by Crippen LogP contribution is 2.34. The number of hydrogen-bond acceptors (Lipinski definition) is 3. The lowest BCUT2D eigenvalue weighted by Crippen LogP contribution is -2.18. The van der Waals surface area contributed by atoms with Crippen LogP contribution < -0.4 is 15.4 Å². The van der Waals surface area contributed by atoms with Crippen LogP contribution in [0.15, 0.2) is 42.5 Å². The highest BCUT2D eigenvalue weighted by molar-refractivity contribution is 5.76. The maximum Gasteiger partial charge on any atom is 0.146 e. The number of hydrogen-bond donors (Lipinski definition) is 1. The predicted molar refractivity (Wildman–Crippen MR) is 76.5 cm³/mol. The van der Waals surface area contributed by atoms with Gasteiger partial charge in [-0.2, -0.15) is 0 Å². The largest absolute Gasteiger partial charge is 0.497 e. The van der Waals surface area contributed by atoms with Crippen LogP contribution in [0.4, 0.5) is 21.5 Å². The van der Waals surface area contributed by atoms with Gasteiger partial charge in [0.1, 0.15) is 11.6 Å². The molecule has 2 aromatic rings. The minimum absolute atomic E-state index is 0.272. The molecular weight excluding hydrogens is 243 g/mol. The van der Waals surface area contributed by atoms with Gasteiger partial charge in [0.2, 0.25) is 0 Å². The summed E-state index contributed by atoms with van der Waals surface area (Å²) in [5.74, 6) is 0.422. The quantitative estimate of drug-likeness (QED) is 0.854. The molecule has 0 aliphatic carbocycles. The summed E-state index contributed by atoms with van der Waals surface area (Å²) in [5.41, 5.74) is 7.82. The van der Waals surface area contributed by atoms with Gasteiger partial charge in [-0.1, -0.05) is 12.1 Å². The van der Waals surface area contributed by atoms with Gasteiger partial charge in [-0.25, -0.2) is 4.39 Å². The highest BCUT2D eigenvalue weighted by Gasteiger charge is 2.14. The minimum Gasteiger partial charge on any atom is -0.497 e. The molecule has 0 atom stereocenters. The summed E-state index contributed by atoms with van der Waals surface area (Å²) < 4.78 is 19.1. The summed E-state index contributed by atoms with van der Waals surface area (Å²) in [6.07, 6.45) is 0. The van der Waals surface area contributed by atoms with Crippen molar-refractivity contribution in [3.63, 3.8) is 0 Å². The number of methoxy groups -OCH3 is 1. The Morgan fingerprint density at radius 2 is 1.89 bits per heavy atom. The minimum atomic E-state index is -0.272. The van der Waals surface area contributed by atoms with E-state index in [-0.39, 0.29) is 5.82 Å². The number of para-hydroxylation sites is 1. The second kappa shape index (κ2) is 5.61. The number of anilines is 3. The average Bonchev–Trinajstić information content (AvgIpc) is 2.43. The Labute approximate surface area is 112 Å². The van der Waals surface area contributed by atoms with E-state index < -0.39 is 0 Å². The van der Waals surface area contributed by atoms with Crippen LogP contribution in [-0.4, -0.2) is 13.7 Å². The summed E-state index contributed by atoms with van der Waals surface area (Å²) in [5, 5.41) is 0. The molecule has 0 heterocycles. The first-order chi connectivity index (χ1) is 9.17. The van der Waals surface area contributed by atoms with Crippen LogP contribution in [0.25, 0.3) is 0 Å². The van der Waals surface area contributed by atoms with Crippen LogP contribution in [0.2, 0.25) is 0 Å². The summed E-state index contributed by atoms with van der Waals surface area (Å²) in [6, 6.07) is 12.0. The van der Waals surface area contributed by atoms with Crippen molar-refractivity contribution >= 4 is 17.1 Å². The molecule has 4 heteroatoms. The number of nitrogen functional groups attached to an aromatic ring is 1. The van der Waals surface area contributed by atoms with Crippen LogP contribution in [0.5, 0.6) is 5.75 Å². The van der Waals surface area contributed by atoms with Gasteiger partial charge >= 0.3 is 0 Å². The van der Waals surface area contributed by atoms with Crippen LogP contribution >= 0.6 is 0 Å². The molecule has 100 valence electrons. The first-order valence-corrected chi connectivity index (χ1v) is 6.13. The van der Waals surface area contributed by atoms with Crippen molar-refractivity contribution in [2.24, 2.45) is 0 Å². The van der Waals surface area contributed by atoms with Crippen molar-refractivity contribution in [3.8, 4) is 5.75 Å². The molecule has 3 nitrogen and oxygen atoms in total. The average molecular weight is 260 g/mol. The molecule has 2 rings (SSSR count). The third-order valence-corrected chi connectivity index (χ3v) is 2.99. The Hall–Kier alpha value is -2.23. The molecule has 0 aliphatic rings. The van der Waals surface area contributed by atoms with Gasteiger partial charge in [0, 0.05) is 12.6 Å². The molecule has 0 aliphatic heterocycles. The van der Waals surface area contributed by atoms with E-state index in [1.54, 1.807) is 37.4 Å². The number of ether oxygens (including phenoxy) is 1. The fourth-order valence-corrected chi connectivity index (χ4v) is 2.03. The lowest BCUT2D eigenvalue weighted by Gasteiger charge is -2.25. The third kappa shape index (κ3) is 2.62. The van der Waals surface area contributed by atoms with Gasteiger partial charge in [0.25, 0.3) is 0 Å². The lowest BCUT2D eigenvalue weighted by molar-refractivity contribution is 0.415. The third-order valence-electron chi connectivity index (χ3n) is 2.99. The highest BCUT2D eigenvalue weighted by atomic mass is 19.1. The van der Waals surface area contributed by atoms with Crippen LogP contribution in [0.3, 0.4) is 0 Å². The van der Waals surface area contributed by atoms with Gasteiger partial charge in [-0.3, -0.25) is 0 Å². The van der Waals surface area contributed by atoms with Crippen molar-refractivity contribution in [3.05, 3.63) is 48.3 Å². The zero-order valence-electron chi connectivity index (χ0n) is 11.1. The fourth-order valence-electron chi connectivity index (χ4n) is 2.03. The summed E-state index contributed by atoms with van der Waals surface area (Å²) in [4.78, 5) is 1.83. The first kappa shape index (κ1) is 13.2. The van der Waals surface area contributed by atoms with Gasteiger partial charge in [-0.15, -0.1) is 0 Å². The fraction of sp³-hybridized carbons (Fsp3) is 0.200. The Bertz CT molecular complexity index is 572. The number of halogens is 1. The van der Waals surface area contributed by atoms with Crippen molar-refractivity contribution < 1.29 is 9.13 Å². The topological polar surface area (TPSA) is 38.5 Å². The number of nitrogens with two attached hydrogens (primary N) is 1. The van der Waals surface area contributed by atoms with E-state index in [4.69, 9.17) is 10.5 Å². The zero-order valence-corrected chi connectivity index (χ0v) is 11.1.